The first-order chi connectivity index (χ1) is 9.15. The zero-order valence-corrected chi connectivity index (χ0v) is 12.9. The number of hydrogen-bond donors (Lipinski definition) is 1. The van der Waals surface area contributed by atoms with E-state index in [4.69, 9.17) is 16.3 Å². The second-order valence-corrected chi connectivity index (χ2v) is 5.24. The average Bonchev–Trinajstić information content (AvgIpc) is 2.41. The van der Waals surface area contributed by atoms with Crippen LogP contribution in [0.25, 0.3) is 0 Å². The van der Waals surface area contributed by atoms with Crippen LogP contribution in [0.4, 0.5) is 0 Å². The van der Waals surface area contributed by atoms with Crippen molar-refractivity contribution in [1.29, 1.82) is 0 Å². The van der Waals surface area contributed by atoms with Crippen molar-refractivity contribution in [2.45, 2.75) is 19.4 Å². The molecule has 1 unspecified atom stereocenters. The SMILES string of the molecule is COCCCNCCN(C)C(C)c1cccc(Cl)c1. The van der Waals surface area contributed by atoms with E-state index in [1.807, 2.05) is 18.2 Å². The summed E-state index contributed by atoms with van der Waals surface area (Å²) in [5.41, 5.74) is 1.26. The van der Waals surface area contributed by atoms with E-state index in [9.17, 15) is 0 Å². The number of likely N-dealkylation sites (N-methyl/N-ethyl adjacent to an activating group) is 1. The molecule has 0 aromatic heterocycles. The lowest BCUT2D eigenvalue weighted by Gasteiger charge is -2.25. The number of benzene rings is 1. The highest BCUT2D eigenvalue weighted by Crippen LogP contribution is 2.21. The second-order valence-electron chi connectivity index (χ2n) is 4.81. The quantitative estimate of drug-likeness (QED) is 0.706. The molecule has 0 radical (unpaired) electrons. The molecule has 0 bridgehead atoms. The van der Waals surface area contributed by atoms with E-state index in [1.165, 1.54) is 5.56 Å². The number of ether oxygens (including phenoxy) is 1. The van der Waals surface area contributed by atoms with Crippen molar-refractivity contribution in [3.63, 3.8) is 0 Å². The first kappa shape index (κ1) is 16.4. The van der Waals surface area contributed by atoms with Crippen molar-refractivity contribution in [2.24, 2.45) is 0 Å². The molecule has 1 atom stereocenters. The van der Waals surface area contributed by atoms with Crippen LogP contribution in [-0.2, 0) is 4.74 Å². The summed E-state index contributed by atoms with van der Waals surface area (Å²) < 4.78 is 5.01. The van der Waals surface area contributed by atoms with Gasteiger partial charge in [0, 0.05) is 37.9 Å². The van der Waals surface area contributed by atoms with Crippen molar-refractivity contribution in [3.8, 4) is 0 Å². The van der Waals surface area contributed by atoms with Gasteiger partial charge in [-0.2, -0.15) is 0 Å². The normalized spacial score (nSPS) is 12.9. The number of rotatable bonds is 9. The summed E-state index contributed by atoms with van der Waals surface area (Å²) in [6, 6.07) is 8.45. The molecule has 0 aliphatic heterocycles. The Bertz CT molecular complexity index is 360. The Balaban J connectivity index is 2.27. The van der Waals surface area contributed by atoms with Crippen LogP contribution >= 0.6 is 11.6 Å². The summed E-state index contributed by atoms with van der Waals surface area (Å²) in [5, 5.41) is 4.22. The molecule has 1 N–H and O–H groups in total. The number of nitrogens with zero attached hydrogens (tertiary/aromatic N) is 1. The second kappa shape index (κ2) is 9.32. The Morgan fingerprint density at radius 1 is 1.37 bits per heavy atom. The highest BCUT2D eigenvalue weighted by atomic mass is 35.5. The number of hydrogen-bond acceptors (Lipinski definition) is 3. The lowest BCUT2D eigenvalue weighted by molar-refractivity contribution is 0.193. The third-order valence-corrected chi connectivity index (χ3v) is 3.57. The Labute approximate surface area is 121 Å². The maximum atomic E-state index is 6.03. The Morgan fingerprint density at radius 3 is 2.84 bits per heavy atom. The average molecular weight is 285 g/mol. The van der Waals surface area contributed by atoms with Gasteiger partial charge in [-0.15, -0.1) is 0 Å². The molecular formula is C15H25ClN2O. The van der Waals surface area contributed by atoms with Gasteiger partial charge < -0.3 is 10.1 Å². The van der Waals surface area contributed by atoms with Crippen LogP contribution < -0.4 is 5.32 Å². The van der Waals surface area contributed by atoms with Crippen LogP contribution in [0.3, 0.4) is 0 Å². The predicted molar refractivity (Wildman–Crippen MR) is 81.9 cm³/mol. The molecule has 0 fully saturated rings. The largest absolute Gasteiger partial charge is 0.385 e. The number of nitrogens with one attached hydrogen (secondary N) is 1. The Kier molecular flexibility index (Phi) is 8.07. The minimum Gasteiger partial charge on any atom is -0.385 e. The molecule has 4 heteroatoms. The first-order valence-electron chi connectivity index (χ1n) is 6.80. The van der Waals surface area contributed by atoms with Crippen LogP contribution in [0.1, 0.15) is 24.9 Å². The summed E-state index contributed by atoms with van der Waals surface area (Å²) in [4.78, 5) is 2.33. The van der Waals surface area contributed by atoms with Crippen molar-refractivity contribution < 1.29 is 4.74 Å². The molecule has 19 heavy (non-hydrogen) atoms. The third-order valence-electron chi connectivity index (χ3n) is 3.34. The summed E-state index contributed by atoms with van der Waals surface area (Å²) in [7, 11) is 3.88. The van der Waals surface area contributed by atoms with Crippen LogP contribution in [-0.4, -0.2) is 45.3 Å². The van der Waals surface area contributed by atoms with Gasteiger partial charge in [-0.05, 0) is 44.6 Å². The molecule has 0 saturated carbocycles. The van der Waals surface area contributed by atoms with E-state index in [0.29, 0.717) is 6.04 Å². The van der Waals surface area contributed by atoms with Gasteiger partial charge in [0.25, 0.3) is 0 Å². The molecule has 0 amide bonds. The van der Waals surface area contributed by atoms with Crippen molar-refractivity contribution in [1.82, 2.24) is 10.2 Å². The minimum atomic E-state index is 0.375. The first-order valence-corrected chi connectivity index (χ1v) is 7.18. The topological polar surface area (TPSA) is 24.5 Å². The van der Waals surface area contributed by atoms with Crippen LogP contribution in [0.5, 0.6) is 0 Å². The van der Waals surface area contributed by atoms with Gasteiger partial charge in [-0.3, -0.25) is 4.90 Å². The highest BCUT2D eigenvalue weighted by Gasteiger charge is 2.11. The zero-order valence-electron chi connectivity index (χ0n) is 12.2. The molecular weight excluding hydrogens is 260 g/mol. The lowest BCUT2D eigenvalue weighted by Crippen LogP contribution is -2.31. The fraction of sp³-hybridized carbons (Fsp3) is 0.600. The maximum Gasteiger partial charge on any atom is 0.0474 e. The zero-order chi connectivity index (χ0) is 14.1. The molecule has 0 aliphatic carbocycles. The summed E-state index contributed by atoms with van der Waals surface area (Å²) in [6.45, 7) is 6.04. The van der Waals surface area contributed by atoms with Crippen LogP contribution in [0.2, 0.25) is 5.02 Å². The van der Waals surface area contributed by atoms with Gasteiger partial charge in [-0.25, -0.2) is 0 Å². The van der Waals surface area contributed by atoms with Gasteiger partial charge >= 0.3 is 0 Å². The molecule has 0 heterocycles. The van der Waals surface area contributed by atoms with Gasteiger partial charge in [0.2, 0.25) is 0 Å². The fourth-order valence-corrected chi connectivity index (χ4v) is 2.14. The summed E-state index contributed by atoms with van der Waals surface area (Å²) in [5.74, 6) is 0. The fourth-order valence-electron chi connectivity index (χ4n) is 1.94. The molecule has 0 saturated heterocycles. The monoisotopic (exact) mass is 284 g/mol. The van der Waals surface area contributed by atoms with Gasteiger partial charge in [0.15, 0.2) is 0 Å². The van der Waals surface area contributed by atoms with E-state index < -0.39 is 0 Å². The van der Waals surface area contributed by atoms with E-state index in [0.717, 1.165) is 37.7 Å². The van der Waals surface area contributed by atoms with Crippen molar-refractivity contribution >= 4 is 11.6 Å². The van der Waals surface area contributed by atoms with Gasteiger partial charge in [0.05, 0.1) is 0 Å². The van der Waals surface area contributed by atoms with Crippen LogP contribution in [0.15, 0.2) is 24.3 Å². The smallest absolute Gasteiger partial charge is 0.0474 e. The number of methoxy groups -OCH3 is 1. The van der Waals surface area contributed by atoms with Crippen LogP contribution in [0, 0.1) is 0 Å². The van der Waals surface area contributed by atoms with E-state index in [-0.39, 0.29) is 0 Å². The third kappa shape index (κ3) is 6.39. The maximum absolute atomic E-state index is 6.03. The van der Waals surface area contributed by atoms with Gasteiger partial charge in [-0.1, -0.05) is 23.7 Å². The molecule has 1 aromatic rings. The summed E-state index contributed by atoms with van der Waals surface area (Å²) >= 11 is 6.03. The molecule has 3 nitrogen and oxygen atoms in total. The minimum absolute atomic E-state index is 0.375. The Morgan fingerprint density at radius 2 is 2.16 bits per heavy atom. The molecule has 0 spiro atoms. The Hall–Kier alpha value is -0.610. The molecule has 0 aliphatic rings. The van der Waals surface area contributed by atoms with E-state index >= 15 is 0 Å². The molecule has 1 rings (SSSR count). The lowest BCUT2D eigenvalue weighted by atomic mass is 10.1. The van der Waals surface area contributed by atoms with Crippen molar-refractivity contribution in [3.05, 3.63) is 34.9 Å². The number of halogens is 1. The van der Waals surface area contributed by atoms with Crippen molar-refractivity contribution in [2.75, 3.05) is 40.4 Å². The van der Waals surface area contributed by atoms with E-state index in [1.54, 1.807) is 7.11 Å². The molecule has 108 valence electrons. The highest BCUT2D eigenvalue weighted by molar-refractivity contribution is 6.30. The molecule has 1 aromatic carbocycles. The predicted octanol–water partition coefficient (Wildman–Crippen LogP) is 2.96. The van der Waals surface area contributed by atoms with E-state index in [2.05, 4.69) is 30.3 Å². The summed E-state index contributed by atoms with van der Waals surface area (Å²) in [6.07, 6.45) is 1.06. The van der Waals surface area contributed by atoms with Gasteiger partial charge in [0.1, 0.15) is 0 Å². The standard InChI is InChI=1S/C15H25ClN2O/c1-13(14-6-4-7-15(16)12-14)18(2)10-9-17-8-5-11-19-3/h4,6-7,12-13,17H,5,8-11H2,1-3H3.